The standard InChI is InChI=1S/C32H66N2/c1-3-5-7-9-11-13-14-15-16-17-18-19-21-23-25-27-30-34-31-29-33-32(34)28-26-24-22-20-12-10-8-6-4-2/h32-33H,3-31H2,1-2H3. The highest BCUT2D eigenvalue weighted by atomic mass is 15.3. The molecule has 1 fully saturated rings. The van der Waals surface area contributed by atoms with E-state index in [1.165, 1.54) is 187 Å². The summed E-state index contributed by atoms with van der Waals surface area (Å²) in [5.74, 6) is 0. The van der Waals surface area contributed by atoms with Crippen LogP contribution in [-0.4, -0.2) is 30.7 Å². The maximum absolute atomic E-state index is 3.76. The van der Waals surface area contributed by atoms with E-state index in [2.05, 4.69) is 24.1 Å². The summed E-state index contributed by atoms with van der Waals surface area (Å²) in [5, 5.41) is 3.76. The van der Waals surface area contributed by atoms with Crippen LogP contribution in [0.1, 0.15) is 181 Å². The molecule has 0 aromatic carbocycles. The lowest BCUT2D eigenvalue weighted by atomic mass is 10.0. The number of nitrogens with one attached hydrogen (secondary N) is 1. The minimum Gasteiger partial charge on any atom is -0.300 e. The third-order valence-corrected chi connectivity index (χ3v) is 8.10. The first-order valence-corrected chi connectivity index (χ1v) is 16.4. The van der Waals surface area contributed by atoms with E-state index in [0.29, 0.717) is 6.17 Å². The molecule has 34 heavy (non-hydrogen) atoms. The van der Waals surface area contributed by atoms with Crippen LogP contribution in [0.3, 0.4) is 0 Å². The van der Waals surface area contributed by atoms with Crippen molar-refractivity contribution in [1.82, 2.24) is 10.2 Å². The van der Waals surface area contributed by atoms with Gasteiger partial charge in [0.1, 0.15) is 0 Å². The maximum atomic E-state index is 3.76. The van der Waals surface area contributed by atoms with Crippen LogP contribution in [0.25, 0.3) is 0 Å². The molecule has 1 aliphatic rings. The van der Waals surface area contributed by atoms with Crippen LogP contribution in [-0.2, 0) is 0 Å². The fraction of sp³-hybridized carbons (Fsp3) is 1.00. The van der Waals surface area contributed by atoms with E-state index in [0.717, 1.165) is 0 Å². The molecule has 1 rings (SSSR count). The fourth-order valence-corrected chi connectivity index (χ4v) is 5.72. The Morgan fingerprint density at radius 2 is 0.824 bits per heavy atom. The van der Waals surface area contributed by atoms with Crippen molar-refractivity contribution in [2.24, 2.45) is 0 Å². The molecule has 2 heteroatoms. The van der Waals surface area contributed by atoms with Gasteiger partial charge < -0.3 is 5.32 Å². The summed E-state index contributed by atoms with van der Waals surface area (Å²) in [4.78, 5) is 2.74. The lowest BCUT2D eigenvalue weighted by Gasteiger charge is -2.24. The van der Waals surface area contributed by atoms with E-state index in [1.807, 2.05) is 0 Å². The normalized spacial score (nSPS) is 16.6. The summed E-state index contributed by atoms with van der Waals surface area (Å²) >= 11 is 0. The van der Waals surface area contributed by atoms with Gasteiger partial charge in [-0.2, -0.15) is 0 Å². The molecule has 0 saturated carbocycles. The second-order valence-corrected chi connectivity index (χ2v) is 11.4. The summed E-state index contributed by atoms with van der Waals surface area (Å²) in [5.41, 5.74) is 0. The molecule has 0 aromatic rings. The van der Waals surface area contributed by atoms with Crippen LogP contribution < -0.4 is 5.32 Å². The minimum absolute atomic E-state index is 0.681. The molecule has 2 nitrogen and oxygen atoms in total. The highest BCUT2D eigenvalue weighted by Crippen LogP contribution is 2.17. The Morgan fingerprint density at radius 1 is 0.471 bits per heavy atom. The predicted octanol–water partition coefficient (Wildman–Crippen LogP) is 10.4. The third-order valence-electron chi connectivity index (χ3n) is 8.10. The molecule has 0 amide bonds. The van der Waals surface area contributed by atoms with Gasteiger partial charge in [-0.05, 0) is 19.4 Å². The number of nitrogens with zero attached hydrogens (tertiary/aromatic N) is 1. The zero-order valence-corrected chi connectivity index (χ0v) is 24.0. The molecule has 204 valence electrons. The second kappa shape index (κ2) is 26.0. The summed E-state index contributed by atoms with van der Waals surface area (Å²) in [6, 6.07) is 0. The molecule has 1 N–H and O–H groups in total. The highest BCUT2D eigenvalue weighted by molar-refractivity contribution is 4.77. The van der Waals surface area contributed by atoms with Crippen molar-refractivity contribution in [3.8, 4) is 0 Å². The van der Waals surface area contributed by atoms with Crippen LogP contribution in [0.2, 0.25) is 0 Å². The van der Waals surface area contributed by atoms with Gasteiger partial charge in [-0.1, -0.05) is 168 Å². The monoisotopic (exact) mass is 479 g/mol. The Labute approximate surface area is 216 Å². The topological polar surface area (TPSA) is 15.3 Å². The molecular formula is C32H66N2. The molecular weight excluding hydrogens is 412 g/mol. The molecule has 1 saturated heterocycles. The van der Waals surface area contributed by atoms with Crippen molar-refractivity contribution in [3.05, 3.63) is 0 Å². The van der Waals surface area contributed by atoms with Gasteiger partial charge >= 0.3 is 0 Å². The van der Waals surface area contributed by atoms with Crippen molar-refractivity contribution < 1.29 is 0 Å². The van der Waals surface area contributed by atoms with Crippen molar-refractivity contribution in [3.63, 3.8) is 0 Å². The average Bonchev–Trinajstić information content (AvgIpc) is 3.30. The predicted molar refractivity (Wildman–Crippen MR) is 155 cm³/mol. The first-order valence-electron chi connectivity index (χ1n) is 16.4. The molecule has 0 spiro atoms. The lowest BCUT2D eigenvalue weighted by molar-refractivity contribution is 0.220. The molecule has 0 radical (unpaired) electrons. The van der Waals surface area contributed by atoms with Gasteiger partial charge in [-0.15, -0.1) is 0 Å². The number of hydrogen-bond acceptors (Lipinski definition) is 2. The first kappa shape index (κ1) is 31.9. The average molecular weight is 479 g/mol. The zero-order chi connectivity index (χ0) is 24.4. The van der Waals surface area contributed by atoms with Crippen molar-refractivity contribution >= 4 is 0 Å². The Balaban J connectivity index is 1.81. The zero-order valence-electron chi connectivity index (χ0n) is 24.0. The van der Waals surface area contributed by atoms with Gasteiger partial charge in [0.25, 0.3) is 0 Å². The van der Waals surface area contributed by atoms with Crippen molar-refractivity contribution in [2.75, 3.05) is 19.6 Å². The molecule has 0 aromatic heterocycles. The Bertz CT molecular complexity index is 383. The maximum Gasteiger partial charge on any atom is 0.0597 e. The van der Waals surface area contributed by atoms with Gasteiger partial charge in [0, 0.05) is 13.1 Å². The fourth-order valence-electron chi connectivity index (χ4n) is 5.72. The molecule has 1 unspecified atom stereocenters. The molecule has 1 aliphatic heterocycles. The van der Waals surface area contributed by atoms with Gasteiger partial charge in [0.15, 0.2) is 0 Å². The number of unbranched alkanes of at least 4 members (excludes halogenated alkanes) is 23. The summed E-state index contributed by atoms with van der Waals surface area (Å²) in [7, 11) is 0. The van der Waals surface area contributed by atoms with Crippen LogP contribution in [0.5, 0.6) is 0 Å². The summed E-state index contributed by atoms with van der Waals surface area (Å²) in [6.45, 7) is 8.43. The largest absolute Gasteiger partial charge is 0.300 e. The van der Waals surface area contributed by atoms with E-state index in [1.54, 1.807) is 0 Å². The van der Waals surface area contributed by atoms with Crippen molar-refractivity contribution in [1.29, 1.82) is 0 Å². The SMILES string of the molecule is CCCCCCCCCCCCCCCCCCN1CCNC1CCCCCCCCCCC. The van der Waals surface area contributed by atoms with Crippen LogP contribution in [0, 0.1) is 0 Å². The number of rotatable bonds is 27. The van der Waals surface area contributed by atoms with E-state index < -0.39 is 0 Å². The third kappa shape index (κ3) is 20.1. The van der Waals surface area contributed by atoms with E-state index in [-0.39, 0.29) is 0 Å². The lowest BCUT2D eigenvalue weighted by Crippen LogP contribution is -2.36. The smallest absolute Gasteiger partial charge is 0.0597 e. The van der Waals surface area contributed by atoms with Gasteiger partial charge in [-0.3, -0.25) is 4.90 Å². The first-order chi connectivity index (χ1) is 16.9. The van der Waals surface area contributed by atoms with Gasteiger partial charge in [0.2, 0.25) is 0 Å². The number of hydrogen-bond donors (Lipinski definition) is 1. The minimum atomic E-state index is 0.681. The Morgan fingerprint density at radius 3 is 1.24 bits per heavy atom. The summed E-state index contributed by atoms with van der Waals surface area (Å²) in [6.07, 6.45) is 38.4. The van der Waals surface area contributed by atoms with Gasteiger partial charge in [-0.25, -0.2) is 0 Å². The highest BCUT2D eigenvalue weighted by Gasteiger charge is 2.22. The van der Waals surface area contributed by atoms with E-state index in [9.17, 15) is 0 Å². The molecule has 1 atom stereocenters. The van der Waals surface area contributed by atoms with Crippen LogP contribution in [0.4, 0.5) is 0 Å². The van der Waals surface area contributed by atoms with E-state index >= 15 is 0 Å². The quantitative estimate of drug-likeness (QED) is 0.118. The molecule has 1 heterocycles. The van der Waals surface area contributed by atoms with Crippen molar-refractivity contribution in [2.45, 2.75) is 187 Å². The summed E-state index contributed by atoms with van der Waals surface area (Å²) < 4.78 is 0. The molecule has 0 aliphatic carbocycles. The van der Waals surface area contributed by atoms with Crippen LogP contribution >= 0.6 is 0 Å². The van der Waals surface area contributed by atoms with Crippen LogP contribution in [0.15, 0.2) is 0 Å². The van der Waals surface area contributed by atoms with E-state index in [4.69, 9.17) is 0 Å². The van der Waals surface area contributed by atoms with Gasteiger partial charge in [0.05, 0.1) is 6.17 Å². The Kier molecular flexibility index (Phi) is 24.4. The Hall–Kier alpha value is -0.0800. The molecule has 0 bridgehead atoms. The second-order valence-electron chi connectivity index (χ2n) is 11.4.